The van der Waals surface area contributed by atoms with Crippen molar-refractivity contribution in [1.82, 2.24) is 0 Å². The molecular weight excluding hydrogens is 446 g/mol. The summed E-state index contributed by atoms with van der Waals surface area (Å²) in [5.41, 5.74) is 3.78. The van der Waals surface area contributed by atoms with Crippen molar-refractivity contribution in [2.75, 3.05) is 0 Å². The molecule has 0 fully saturated rings. The number of hydrogen-bond donors (Lipinski definition) is 0. The largest absolute Gasteiger partial charge is 0.205 e. The van der Waals surface area contributed by atoms with Crippen LogP contribution in [0.1, 0.15) is 54.0 Å². The Bertz CT molecular complexity index is 1440. The van der Waals surface area contributed by atoms with Gasteiger partial charge in [-0.2, -0.15) is 0 Å². The average Bonchev–Trinajstić information content (AvgIpc) is 2.85. The molecule has 0 aliphatic carbocycles. The second kappa shape index (κ2) is 11.0. The zero-order chi connectivity index (χ0) is 23.9. The SMILES string of the molecule is CCCCCc1ccc(C#Cc2ccc3c(F)c(C#Cc4ccc(Cl)c(F)c4)ccc3c2)cc1. The molecule has 0 heterocycles. The van der Waals surface area contributed by atoms with Gasteiger partial charge < -0.3 is 0 Å². The van der Waals surface area contributed by atoms with E-state index in [9.17, 15) is 4.39 Å². The number of rotatable bonds is 4. The van der Waals surface area contributed by atoms with Gasteiger partial charge in [-0.25, -0.2) is 8.78 Å². The first-order valence-electron chi connectivity index (χ1n) is 11.3. The molecular formula is C31H23ClF2. The predicted octanol–water partition coefficient (Wildman–Crippen LogP) is 8.30. The summed E-state index contributed by atoms with van der Waals surface area (Å²) in [5.74, 6) is 11.0. The fourth-order valence-corrected chi connectivity index (χ4v) is 3.78. The van der Waals surface area contributed by atoms with Crippen LogP contribution in [0.2, 0.25) is 5.02 Å². The molecule has 0 N–H and O–H groups in total. The molecule has 0 atom stereocenters. The molecule has 168 valence electrons. The Morgan fingerprint density at radius 1 is 0.706 bits per heavy atom. The van der Waals surface area contributed by atoms with E-state index in [4.69, 9.17) is 11.6 Å². The molecule has 4 rings (SSSR count). The molecule has 0 aliphatic rings. The van der Waals surface area contributed by atoms with Gasteiger partial charge in [-0.1, -0.05) is 79.3 Å². The molecule has 0 bridgehead atoms. The van der Waals surface area contributed by atoms with Gasteiger partial charge in [0.05, 0.1) is 10.6 Å². The summed E-state index contributed by atoms with van der Waals surface area (Å²) >= 11 is 5.69. The lowest BCUT2D eigenvalue weighted by Crippen LogP contribution is -1.88. The Morgan fingerprint density at radius 3 is 2.15 bits per heavy atom. The molecule has 34 heavy (non-hydrogen) atoms. The van der Waals surface area contributed by atoms with Crippen LogP contribution in [0.3, 0.4) is 0 Å². The van der Waals surface area contributed by atoms with Gasteiger partial charge in [0.1, 0.15) is 11.6 Å². The molecule has 0 saturated carbocycles. The van der Waals surface area contributed by atoms with E-state index < -0.39 is 11.6 Å². The third-order valence-electron chi connectivity index (χ3n) is 5.59. The van der Waals surface area contributed by atoms with Crippen LogP contribution in [0.15, 0.2) is 72.8 Å². The molecule has 3 heteroatoms. The van der Waals surface area contributed by atoms with Gasteiger partial charge in [-0.3, -0.25) is 0 Å². The molecule has 0 spiro atoms. The van der Waals surface area contributed by atoms with E-state index in [0.717, 1.165) is 22.9 Å². The van der Waals surface area contributed by atoms with Gasteiger partial charge >= 0.3 is 0 Å². The zero-order valence-electron chi connectivity index (χ0n) is 18.9. The van der Waals surface area contributed by atoms with Crippen molar-refractivity contribution in [1.29, 1.82) is 0 Å². The van der Waals surface area contributed by atoms with Crippen LogP contribution in [0, 0.1) is 35.3 Å². The Kier molecular flexibility index (Phi) is 7.64. The second-order valence-corrected chi connectivity index (χ2v) is 8.55. The van der Waals surface area contributed by atoms with Crippen LogP contribution >= 0.6 is 11.6 Å². The summed E-state index contributed by atoms with van der Waals surface area (Å²) in [6.45, 7) is 2.21. The molecule has 0 nitrogen and oxygen atoms in total. The minimum atomic E-state index is -0.552. The molecule has 4 aromatic carbocycles. The second-order valence-electron chi connectivity index (χ2n) is 8.15. The van der Waals surface area contributed by atoms with Gasteiger partial charge in [0.15, 0.2) is 0 Å². The number of fused-ring (bicyclic) bond motifs is 1. The highest BCUT2D eigenvalue weighted by Crippen LogP contribution is 2.22. The van der Waals surface area contributed by atoms with Gasteiger partial charge in [0, 0.05) is 22.1 Å². The maximum atomic E-state index is 15.0. The highest BCUT2D eigenvalue weighted by atomic mass is 35.5. The highest BCUT2D eigenvalue weighted by molar-refractivity contribution is 6.30. The van der Waals surface area contributed by atoms with Crippen molar-refractivity contribution >= 4 is 22.4 Å². The van der Waals surface area contributed by atoms with Crippen molar-refractivity contribution in [3.05, 3.63) is 117 Å². The molecule has 0 aliphatic heterocycles. The lowest BCUT2D eigenvalue weighted by Gasteiger charge is -2.03. The maximum Gasteiger partial charge on any atom is 0.146 e. The maximum absolute atomic E-state index is 15.0. The lowest BCUT2D eigenvalue weighted by atomic mass is 10.0. The van der Waals surface area contributed by atoms with Crippen LogP contribution in [0.5, 0.6) is 0 Å². The summed E-state index contributed by atoms with van der Waals surface area (Å²) in [7, 11) is 0. The van der Waals surface area contributed by atoms with E-state index in [-0.39, 0.29) is 10.6 Å². The third-order valence-corrected chi connectivity index (χ3v) is 5.90. The van der Waals surface area contributed by atoms with Gasteiger partial charge in [-0.05, 0) is 72.3 Å². The van der Waals surface area contributed by atoms with Gasteiger partial charge in [-0.15, -0.1) is 0 Å². The Balaban J connectivity index is 1.52. The van der Waals surface area contributed by atoms with Crippen molar-refractivity contribution < 1.29 is 8.78 Å². The minimum absolute atomic E-state index is 0.0285. The monoisotopic (exact) mass is 468 g/mol. The number of aryl methyl sites for hydroxylation is 1. The number of benzene rings is 4. The first kappa shape index (κ1) is 23.6. The Hall–Kier alpha value is -3.59. The average molecular weight is 469 g/mol. The third kappa shape index (κ3) is 5.85. The number of halogens is 3. The zero-order valence-corrected chi connectivity index (χ0v) is 19.6. The van der Waals surface area contributed by atoms with Crippen molar-refractivity contribution in [2.24, 2.45) is 0 Å². The molecule has 0 aromatic heterocycles. The van der Waals surface area contributed by atoms with Crippen molar-refractivity contribution in [3.8, 4) is 23.7 Å². The molecule has 0 amide bonds. The molecule has 4 aromatic rings. The minimum Gasteiger partial charge on any atom is -0.205 e. The first-order valence-corrected chi connectivity index (χ1v) is 11.7. The van der Waals surface area contributed by atoms with Gasteiger partial charge in [0.2, 0.25) is 0 Å². The highest BCUT2D eigenvalue weighted by Gasteiger charge is 2.06. The van der Waals surface area contributed by atoms with Crippen molar-refractivity contribution in [3.63, 3.8) is 0 Å². The fourth-order valence-electron chi connectivity index (χ4n) is 3.66. The van der Waals surface area contributed by atoms with E-state index in [1.807, 2.05) is 30.3 Å². The number of hydrogen-bond acceptors (Lipinski definition) is 0. The molecule has 0 saturated heterocycles. The topological polar surface area (TPSA) is 0 Å². The number of unbranched alkanes of at least 4 members (excludes halogenated alkanes) is 2. The summed E-state index contributed by atoms with van der Waals surface area (Å²) in [4.78, 5) is 0. The lowest BCUT2D eigenvalue weighted by molar-refractivity contribution is 0.628. The summed E-state index contributed by atoms with van der Waals surface area (Å²) in [5, 5.41) is 1.25. The van der Waals surface area contributed by atoms with E-state index in [1.165, 1.54) is 37.0 Å². The van der Waals surface area contributed by atoms with E-state index in [0.29, 0.717) is 10.9 Å². The van der Waals surface area contributed by atoms with E-state index in [1.54, 1.807) is 18.2 Å². The van der Waals surface area contributed by atoms with E-state index in [2.05, 4.69) is 42.7 Å². The van der Waals surface area contributed by atoms with Crippen LogP contribution in [0.25, 0.3) is 10.8 Å². The Morgan fingerprint density at radius 2 is 1.38 bits per heavy atom. The fraction of sp³-hybridized carbons (Fsp3) is 0.161. The summed E-state index contributed by atoms with van der Waals surface area (Å²) in [6.07, 6.45) is 4.78. The standard InChI is InChI=1S/C31H23ClF2/c1-2-3-4-5-22-6-8-23(9-7-22)10-11-24-13-18-28-27(20-24)17-16-26(31(28)34)15-12-25-14-19-29(32)30(33)21-25/h6-9,13-14,16-21H,2-5H2,1H3. The van der Waals surface area contributed by atoms with Crippen molar-refractivity contribution in [2.45, 2.75) is 32.6 Å². The molecule has 0 unspecified atom stereocenters. The van der Waals surface area contributed by atoms with Crippen LogP contribution in [-0.4, -0.2) is 0 Å². The van der Waals surface area contributed by atoms with Crippen LogP contribution in [0.4, 0.5) is 8.78 Å². The normalized spacial score (nSPS) is 10.4. The summed E-state index contributed by atoms with van der Waals surface area (Å²) < 4.78 is 28.6. The summed E-state index contributed by atoms with van der Waals surface area (Å²) in [6, 6.07) is 21.5. The van der Waals surface area contributed by atoms with Gasteiger partial charge in [0.25, 0.3) is 0 Å². The van der Waals surface area contributed by atoms with E-state index >= 15 is 4.39 Å². The quantitative estimate of drug-likeness (QED) is 0.209. The molecule has 0 radical (unpaired) electrons. The van der Waals surface area contributed by atoms with Crippen LogP contribution in [-0.2, 0) is 6.42 Å². The predicted molar refractivity (Wildman–Crippen MR) is 137 cm³/mol. The first-order chi connectivity index (χ1) is 16.5. The van der Waals surface area contributed by atoms with Crippen LogP contribution < -0.4 is 0 Å². The smallest absolute Gasteiger partial charge is 0.146 e. The Labute approximate surface area is 204 Å².